The van der Waals surface area contributed by atoms with Crippen molar-refractivity contribution in [2.45, 2.75) is 110 Å². The highest BCUT2D eigenvalue weighted by molar-refractivity contribution is 5.92. The van der Waals surface area contributed by atoms with E-state index in [1.165, 1.54) is 70.6 Å². The first-order chi connectivity index (χ1) is 11.1. The molecule has 0 radical (unpaired) electrons. The molecule has 1 unspecified atom stereocenters. The number of carbonyl (C=O) groups is 1. The van der Waals surface area contributed by atoms with Crippen LogP contribution in [0.15, 0.2) is 12.2 Å². The average molecular weight is 326 g/mol. The van der Waals surface area contributed by atoms with Gasteiger partial charge in [0.15, 0.2) is 0 Å². The Labute approximate surface area is 143 Å². The van der Waals surface area contributed by atoms with Gasteiger partial charge < -0.3 is 10.4 Å². The summed E-state index contributed by atoms with van der Waals surface area (Å²) < 4.78 is 0. The van der Waals surface area contributed by atoms with E-state index in [0.717, 1.165) is 12.8 Å². The second-order valence-electron chi connectivity index (χ2n) is 6.80. The fourth-order valence-electron chi connectivity index (χ4n) is 2.70. The quantitative estimate of drug-likeness (QED) is 0.224. The molecule has 3 nitrogen and oxygen atoms in total. The van der Waals surface area contributed by atoms with E-state index in [-0.39, 0.29) is 5.91 Å². The molecule has 0 saturated heterocycles. The molecule has 0 aromatic carbocycles. The van der Waals surface area contributed by atoms with Crippen LogP contribution in [0.2, 0.25) is 0 Å². The molecule has 0 aliphatic rings. The van der Waals surface area contributed by atoms with Gasteiger partial charge >= 0.3 is 0 Å². The van der Waals surface area contributed by atoms with Crippen LogP contribution in [0.25, 0.3) is 0 Å². The van der Waals surface area contributed by atoms with Crippen LogP contribution >= 0.6 is 0 Å². The second kappa shape index (κ2) is 16.0. The third-order valence-corrected chi connectivity index (χ3v) is 4.27. The largest absolute Gasteiger partial charge is 0.374 e. The summed E-state index contributed by atoms with van der Waals surface area (Å²) in [5, 5.41) is 12.2. The standard InChI is InChI=1S/C20H39NO2/c1-4-5-6-7-8-9-10-11-12-13-14-15-16-17-19(22)21-20(23)18(2)3/h19,22H,2,4-17H2,1,3H3,(H,21,23). The smallest absolute Gasteiger partial charge is 0.248 e. The first-order valence-corrected chi connectivity index (χ1v) is 9.72. The normalized spacial score (nSPS) is 12.1. The maximum Gasteiger partial charge on any atom is 0.248 e. The highest BCUT2D eigenvalue weighted by Gasteiger charge is 2.08. The number of aliphatic hydroxyl groups is 1. The Morgan fingerprint density at radius 1 is 0.870 bits per heavy atom. The van der Waals surface area contributed by atoms with Gasteiger partial charge in [-0.1, -0.05) is 90.6 Å². The van der Waals surface area contributed by atoms with E-state index < -0.39 is 6.23 Å². The van der Waals surface area contributed by atoms with E-state index in [9.17, 15) is 9.90 Å². The van der Waals surface area contributed by atoms with Crippen LogP contribution in [0.1, 0.15) is 104 Å². The Morgan fingerprint density at radius 2 is 1.26 bits per heavy atom. The number of amides is 1. The van der Waals surface area contributed by atoms with Crippen LogP contribution in [0.5, 0.6) is 0 Å². The van der Waals surface area contributed by atoms with Crippen molar-refractivity contribution in [1.82, 2.24) is 5.32 Å². The Bertz CT molecular complexity index is 302. The SMILES string of the molecule is C=C(C)C(=O)NC(O)CCCCCCCCCCCCCCC. The van der Waals surface area contributed by atoms with Crippen LogP contribution in [-0.4, -0.2) is 17.2 Å². The molecule has 1 amide bonds. The number of unbranched alkanes of at least 4 members (excludes halogenated alkanes) is 12. The summed E-state index contributed by atoms with van der Waals surface area (Å²) in [6, 6.07) is 0. The van der Waals surface area contributed by atoms with Crippen LogP contribution in [0.4, 0.5) is 0 Å². The summed E-state index contributed by atoms with van der Waals surface area (Å²) in [6.07, 6.45) is 17.0. The molecule has 2 N–H and O–H groups in total. The first-order valence-electron chi connectivity index (χ1n) is 9.72. The van der Waals surface area contributed by atoms with Crippen molar-refractivity contribution in [1.29, 1.82) is 0 Å². The predicted octanol–water partition coefficient (Wildman–Crippen LogP) is 5.48. The molecule has 0 aliphatic heterocycles. The molecule has 0 aromatic heterocycles. The zero-order valence-corrected chi connectivity index (χ0v) is 15.5. The molecule has 0 rings (SSSR count). The second-order valence-corrected chi connectivity index (χ2v) is 6.80. The summed E-state index contributed by atoms with van der Waals surface area (Å²) in [5.74, 6) is -0.257. The van der Waals surface area contributed by atoms with E-state index in [0.29, 0.717) is 12.0 Å². The van der Waals surface area contributed by atoms with E-state index in [1.807, 2.05) is 0 Å². The third-order valence-electron chi connectivity index (χ3n) is 4.27. The summed E-state index contributed by atoms with van der Waals surface area (Å²) in [6.45, 7) is 7.46. The molecule has 0 aliphatic carbocycles. The van der Waals surface area contributed by atoms with E-state index in [1.54, 1.807) is 6.92 Å². The van der Waals surface area contributed by atoms with Crippen LogP contribution in [0, 0.1) is 0 Å². The molecule has 3 heteroatoms. The molecule has 0 spiro atoms. The number of rotatable bonds is 16. The van der Waals surface area contributed by atoms with Gasteiger partial charge in [-0.05, 0) is 19.8 Å². The van der Waals surface area contributed by atoms with E-state index in [2.05, 4.69) is 18.8 Å². The molecule has 1 atom stereocenters. The predicted molar refractivity (Wildman–Crippen MR) is 99.3 cm³/mol. The molecule has 136 valence electrons. The minimum absolute atomic E-state index is 0.257. The Hall–Kier alpha value is -0.830. The Balaban J connectivity index is 3.21. The fraction of sp³-hybridized carbons (Fsp3) is 0.850. The number of hydrogen-bond donors (Lipinski definition) is 2. The maximum atomic E-state index is 11.3. The van der Waals surface area contributed by atoms with Gasteiger partial charge in [0, 0.05) is 5.57 Å². The van der Waals surface area contributed by atoms with Crippen LogP contribution < -0.4 is 5.32 Å². The third kappa shape index (κ3) is 15.8. The lowest BCUT2D eigenvalue weighted by atomic mass is 10.0. The van der Waals surface area contributed by atoms with Gasteiger partial charge in [-0.2, -0.15) is 0 Å². The molecule has 0 heterocycles. The molecular weight excluding hydrogens is 286 g/mol. The molecule has 0 saturated carbocycles. The van der Waals surface area contributed by atoms with Crippen molar-refractivity contribution in [3.05, 3.63) is 12.2 Å². The van der Waals surface area contributed by atoms with Crippen molar-refractivity contribution in [3.63, 3.8) is 0 Å². The number of carbonyl (C=O) groups excluding carboxylic acids is 1. The summed E-state index contributed by atoms with van der Waals surface area (Å²) in [4.78, 5) is 11.3. The topological polar surface area (TPSA) is 49.3 Å². The van der Waals surface area contributed by atoms with Crippen molar-refractivity contribution in [3.8, 4) is 0 Å². The summed E-state index contributed by atoms with van der Waals surface area (Å²) >= 11 is 0. The Kier molecular flexibility index (Phi) is 15.5. The van der Waals surface area contributed by atoms with Gasteiger partial charge in [0.05, 0.1) is 0 Å². The molecule has 0 fully saturated rings. The van der Waals surface area contributed by atoms with Gasteiger partial charge in [-0.25, -0.2) is 0 Å². The van der Waals surface area contributed by atoms with Gasteiger partial charge in [-0.3, -0.25) is 4.79 Å². The lowest BCUT2D eigenvalue weighted by Gasteiger charge is -2.12. The lowest BCUT2D eigenvalue weighted by Crippen LogP contribution is -2.34. The number of nitrogens with one attached hydrogen (secondary N) is 1. The van der Waals surface area contributed by atoms with Crippen molar-refractivity contribution in [2.24, 2.45) is 0 Å². The van der Waals surface area contributed by atoms with Gasteiger partial charge in [0.2, 0.25) is 5.91 Å². The molecule has 23 heavy (non-hydrogen) atoms. The minimum Gasteiger partial charge on any atom is -0.374 e. The van der Waals surface area contributed by atoms with E-state index in [4.69, 9.17) is 0 Å². The monoisotopic (exact) mass is 325 g/mol. The molecule has 0 aromatic rings. The zero-order chi connectivity index (χ0) is 17.3. The number of hydrogen-bond acceptors (Lipinski definition) is 2. The minimum atomic E-state index is -0.730. The summed E-state index contributed by atoms with van der Waals surface area (Å²) in [5.41, 5.74) is 0.439. The summed E-state index contributed by atoms with van der Waals surface area (Å²) in [7, 11) is 0. The average Bonchev–Trinajstić information content (AvgIpc) is 2.51. The highest BCUT2D eigenvalue weighted by atomic mass is 16.3. The molecule has 0 bridgehead atoms. The fourth-order valence-corrected chi connectivity index (χ4v) is 2.70. The van der Waals surface area contributed by atoms with E-state index >= 15 is 0 Å². The van der Waals surface area contributed by atoms with Gasteiger partial charge in [0.25, 0.3) is 0 Å². The number of aliphatic hydroxyl groups excluding tert-OH is 1. The van der Waals surface area contributed by atoms with Gasteiger partial charge in [0.1, 0.15) is 6.23 Å². The Morgan fingerprint density at radius 3 is 1.65 bits per heavy atom. The van der Waals surface area contributed by atoms with Crippen molar-refractivity contribution < 1.29 is 9.90 Å². The van der Waals surface area contributed by atoms with Crippen molar-refractivity contribution >= 4 is 5.91 Å². The highest BCUT2D eigenvalue weighted by Crippen LogP contribution is 2.13. The molecular formula is C20H39NO2. The maximum absolute atomic E-state index is 11.3. The van der Waals surface area contributed by atoms with Crippen molar-refractivity contribution in [2.75, 3.05) is 0 Å². The zero-order valence-electron chi connectivity index (χ0n) is 15.5. The van der Waals surface area contributed by atoms with Crippen LogP contribution in [-0.2, 0) is 4.79 Å². The first kappa shape index (κ1) is 22.2. The lowest BCUT2D eigenvalue weighted by molar-refractivity contribution is -0.120. The van der Waals surface area contributed by atoms with Crippen LogP contribution in [0.3, 0.4) is 0 Å². The van der Waals surface area contributed by atoms with Gasteiger partial charge in [-0.15, -0.1) is 0 Å².